The van der Waals surface area contributed by atoms with Gasteiger partial charge in [0.25, 0.3) is 0 Å². The number of unbranched alkanes of at least 4 members (excludes halogenated alkanes) is 10. The van der Waals surface area contributed by atoms with Crippen molar-refractivity contribution >= 4 is 86.9 Å². The Labute approximate surface area is 228 Å². The molecule has 0 aliphatic heterocycles. The van der Waals surface area contributed by atoms with Crippen molar-refractivity contribution in [1.82, 2.24) is 10.6 Å². The van der Waals surface area contributed by atoms with Crippen LogP contribution in [0.5, 0.6) is 0 Å². The number of amides is 1. The highest BCUT2D eigenvalue weighted by Gasteiger charge is 2.34. The number of alkyl halides is 3. The lowest BCUT2D eigenvalue weighted by atomic mass is 10.1. The Kier molecular flexibility index (Phi) is 16.2. The molecule has 0 fully saturated rings. The van der Waals surface area contributed by atoms with Crippen molar-refractivity contribution in [3.05, 3.63) is 28.2 Å². The summed E-state index contributed by atoms with van der Waals surface area (Å²) in [4.78, 5) is 12.4. The predicted molar refractivity (Wildman–Crippen MR) is 149 cm³/mol. The normalized spacial score (nSPS) is 12.3. The van der Waals surface area contributed by atoms with Crippen LogP contribution >= 0.6 is 70.2 Å². The van der Waals surface area contributed by atoms with E-state index in [0.29, 0.717) is 22.2 Å². The van der Waals surface area contributed by atoms with Gasteiger partial charge in [-0.1, -0.05) is 129 Å². The maximum absolute atomic E-state index is 12.4. The van der Waals surface area contributed by atoms with E-state index in [-0.39, 0.29) is 11.0 Å². The largest absolute Gasteiger partial charge is 0.339 e. The summed E-state index contributed by atoms with van der Waals surface area (Å²) in [6, 6.07) is 4.96. The van der Waals surface area contributed by atoms with Gasteiger partial charge < -0.3 is 16.0 Å². The fourth-order valence-corrected chi connectivity index (χ4v) is 4.12. The third kappa shape index (κ3) is 14.7. The molecule has 0 radical (unpaired) electrons. The zero-order chi connectivity index (χ0) is 24.7. The van der Waals surface area contributed by atoms with Gasteiger partial charge in [-0.25, -0.2) is 0 Å². The number of hydrogen-bond donors (Lipinski definition) is 3. The van der Waals surface area contributed by atoms with E-state index in [1.54, 1.807) is 18.2 Å². The maximum Gasteiger partial charge on any atom is 0.228 e. The lowest BCUT2D eigenvalue weighted by Crippen LogP contribution is -2.56. The van der Waals surface area contributed by atoms with Crippen LogP contribution in [0.2, 0.25) is 10.0 Å². The molecule has 1 aromatic rings. The van der Waals surface area contributed by atoms with Crippen molar-refractivity contribution in [2.75, 3.05) is 5.32 Å². The van der Waals surface area contributed by atoms with Crippen molar-refractivity contribution in [1.29, 1.82) is 0 Å². The van der Waals surface area contributed by atoms with Gasteiger partial charge in [0.2, 0.25) is 9.70 Å². The lowest BCUT2D eigenvalue weighted by molar-refractivity contribution is -0.122. The molecule has 0 aliphatic carbocycles. The number of halogens is 5. The Morgan fingerprint density at radius 1 is 0.879 bits per heavy atom. The van der Waals surface area contributed by atoms with Crippen LogP contribution in [0.1, 0.15) is 84.0 Å². The molecule has 1 aromatic carbocycles. The second kappa shape index (κ2) is 17.3. The summed E-state index contributed by atoms with van der Waals surface area (Å²) < 4.78 is -1.80. The predicted octanol–water partition coefficient (Wildman–Crippen LogP) is 8.79. The Bertz CT molecular complexity index is 731. The van der Waals surface area contributed by atoms with Gasteiger partial charge in [-0.2, -0.15) is 0 Å². The summed E-state index contributed by atoms with van der Waals surface area (Å²) in [5, 5.41) is 9.44. The van der Waals surface area contributed by atoms with Gasteiger partial charge in [-0.3, -0.25) is 4.79 Å². The first-order chi connectivity index (χ1) is 15.6. The van der Waals surface area contributed by atoms with E-state index >= 15 is 0 Å². The van der Waals surface area contributed by atoms with Crippen LogP contribution < -0.4 is 16.0 Å². The number of carbonyl (C=O) groups is 1. The monoisotopic (exact) mass is 575 g/mol. The van der Waals surface area contributed by atoms with E-state index in [4.69, 9.17) is 70.2 Å². The van der Waals surface area contributed by atoms with Gasteiger partial charge in [-0.15, -0.1) is 0 Å². The molecular formula is C23H34Cl5N3OS. The first kappa shape index (κ1) is 30.9. The van der Waals surface area contributed by atoms with E-state index in [1.807, 2.05) is 0 Å². The molecule has 1 atom stereocenters. The SMILES string of the molecule is CCCCCCCCCCCCCC(=O)N[C@H](NC(=S)Nc1ccc(Cl)c(Cl)c1)C(Cl)(Cl)Cl. The van der Waals surface area contributed by atoms with Crippen LogP contribution in [0.3, 0.4) is 0 Å². The smallest absolute Gasteiger partial charge is 0.228 e. The van der Waals surface area contributed by atoms with Crippen molar-refractivity contribution < 1.29 is 4.79 Å². The Hall–Kier alpha value is -0.170. The lowest BCUT2D eigenvalue weighted by Gasteiger charge is -2.27. The quantitative estimate of drug-likeness (QED) is 0.0844. The molecule has 0 unspecified atom stereocenters. The fourth-order valence-electron chi connectivity index (χ4n) is 3.25. The summed E-state index contributed by atoms with van der Waals surface area (Å²) in [7, 11) is 0. The maximum atomic E-state index is 12.4. The molecule has 0 saturated carbocycles. The third-order valence-corrected chi connectivity index (χ3v) is 6.71. The van der Waals surface area contributed by atoms with Gasteiger partial charge in [0.1, 0.15) is 6.17 Å². The molecule has 1 amide bonds. The van der Waals surface area contributed by atoms with Crippen molar-refractivity contribution in [3.63, 3.8) is 0 Å². The van der Waals surface area contributed by atoms with E-state index in [9.17, 15) is 4.79 Å². The van der Waals surface area contributed by atoms with Crippen molar-refractivity contribution in [2.24, 2.45) is 0 Å². The highest BCUT2D eigenvalue weighted by molar-refractivity contribution is 7.80. The summed E-state index contributed by atoms with van der Waals surface area (Å²) in [5.74, 6) is -0.202. The number of benzene rings is 1. The molecule has 4 nitrogen and oxygen atoms in total. The van der Waals surface area contributed by atoms with Crippen LogP contribution in [0, 0.1) is 0 Å². The molecule has 33 heavy (non-hydrogen) atoms. The summed E-state index contributed by atoms with van der Waals surface area (Å²) in [5.41, 5.74) is 0.609. The molecule has 0 bridgehead atoms. The number of rotatable bonds is 15. The molecule has 188 valence electrons. The average Bonchev–Trinajstić information content (AvgIpc) is 2.73. The molecule has 0 spiro atoms. The summed E-state index contributed by atoms with van der Waals surface area (Å²) >= 11 is 35.3. The van der Waals surface area contributed by atoms with Crippen LogP contribution in [0.25, 0.3) is 0 Å². The zero-order valence-electron chi connectivity index (χ0n) is 19.0. The van der Waals surface area contributed by atoms with E-state index in [1.165, 1.54) is 51.4 Å². The topological polar surface area (TPSA) is 53.2 Å². The minimum absolute atomic E-state index is 0.166. The van der Waals surface area contributed by atoms with Crippen LogP contribution in [-0.4, -0.2) is 21.0 Å². The van der Waals surface area contributed by atoms with Gasteiger partial charge in [-0.05, 0) is 36.8 Å². The molecule has 3 N–H and O–H groups in total. The van der Waals surface area contributed by atoms with Crippen LogP contribution in [0.4, 0.5) is 5.69 Å². The highest BCUT2D eigenvalue weighted by Crippen LogP contribution is 2.29. The molecular weight excluding hydrogens is 544 g/mol. The molecule has 0 aliphatic rings. The summed E-state index contributed by atoms with van der Waals surface area (Å²) in [6.45, 7) is 2.24. The molecule has 10 heteroatoms. The number of anilines is 1. The van der Waals surface area contributed by atoms with Crippen LogP contribution in [-0.2, 0) is 4.79 Å². The van der Waals surface area contributed by atoms with Crippen LogP contribution in [0.15, 0.2) is 18.2 Å². The zero-order valence-corrected chi connectivity index (χ0v) is 23.6. The first-order valence-corrected chi connectivity index (χ1v) is 13.8. The number of hydrogen-bond acceptors (Lipinski definition) is 2. The number of thiocarbonyl (C=S) groups is 1. The van der Waals surface area contributed by atoms with Crippen molar-refractivity contribution in [3.8, 4) is 0 Å². The number of carbonyl (C=O) groups excluding carboxylic acids is 1. The Morgan fingerprint density at radius 2 is 1.42 bits per heavy atom. The first-order valence-electron chi connectivity index (χ1n) is 11.5. The summed E-state index contributed by atoms with van der Waals surface area (Å²) in [6.07, 6.45) is 12.7. The standard InChI is InChI=1S/C23H34Cl5N3OS/c1-2-3-4-5-6-7-8-9-10-11-12-13-20(32)30-21(23(26,27)28)31-22(33)29-17-14-15-18(24)19(25)16-17/h14-16,21H,2-13H2,1H3,(H,30,32)(H2,29,31,33)/t21-/m1/s1. The molecule has 1 rings (SSSR count). The Balaban J connectivity index is 2.30. The molecule has 0 heterocycles. The van der Waals surface area contributed by atoms with Gasteiger partial charge in [0.05, 0.1) is 10.0 Å². The third-order valence-electron chi connectivity index (χ3n) is 5.09. The molecule has 0 saturated heterocycles. The Morgan fingerprint density at radius 3 is 1.94 bits per heavy atom. The van der Waals surface area contributed by atoms with E-state index in [2.05, 4.69) is 22.9 Å². The second-order valence-corrected chi connectivity index (χ2v) is 11.6. The van der Waals surface area contributed by atoms with Gasteiger partial charge in [0.15, 0.2) is 5.11 Å². The van der Waals surface area contributed by atoms with E-state index in [0.717, 1.165) is 19.3 Å². The van der Waals surface area contributed by atoms with Gasteiger partial charge >= 0.3 is 0 Å². The van der Waals surface area contributed by atoms with Crippen molar-refractivity contribution in [2.45, 2.75) is 93.9 Å². The average molecular weight is 578 g/mol. The van der Waals surface area contributed by atoms with Gasteiger partial charge in [0, 0.05) is 12.1 Å². The minimum atomic E-state index is -1.80. The molecule has 0 aromatic heterocycles. The van der Waals surface area contributed by atoms with E-state index < -0.39 is 9.96 Å². The fraction of sp³-hybridized carbons (Fsp3) is 0.652. The highest BCUT2D eigenvalue weighted by atomic mass is 35.6. The minimum Gasteiger partial charge on any atom is -0.339 e. The number of nitrogens with one attached hydrogen (secondary N) is 3. The second-order valence-electron chi connectivity index (χ2n) is 8.06.